The average molecular weight is 511 g/mol. The zero-order chi connectivity index (χ0) is 26.1. The van der Waals surface area contributed by atoms with Gasteiger partial charge in [-0.1, -0.05) is 11.6 Å². The zero-order valence-electron chi connectivity index (χ0n) is 21.4. The molecule has 0 aliphatic heterocycles. The monoisotopic (exact) mass is 510 g/mol. The molecule has 0 aliphatic carbocycles. The van der Waals surface area contributed by atoms with Crippen LogP contribution in [0, 0.1) is 13.8 Å². The number of rotatable bonds is 8. The van der Waals surface area contributed by atoms with Gasteiger partial charge in [-0.25, -0.2) is 14.6 Å². The Hall–Kier alpha value is -3.66. The van der Waals surface area contributed by atoms with Gasteiger partial charge in [-0.05, 0) is 46.2 Å². The summed E-state index contributed by atoms with van der Waals surface area (Å²) in [6.45, 7) is 11.0. The van der Waals surface area contributed by atoms with Crippen LogP contribution in [0.2, 0.25) is 5.02 Å². The van der Waals surface area contributed by atoms with Gasteiger partial charge in [0.1, 0.15) is 24.4 Å². The van der Waals surface area contributed by atoms with Crippen LogP contribution in [0.15, 0.2) is 24.8 Å². The second-order valence-corrected chi connectivity index (χ2v) is 9.11. The minimum Gasteiger partial charge on any atom is -0.493 e. The van der Waals surface area contributed by atoms with Crippen molar-refractivity contribution in [1.29, 1.82) is 0 Å². The number of anilines is 1. The van der Waals surface area contributed by atoms with E-state index in [9.17, 15) is 4.79 Å². The molecule has 0 saturated carbocycles. The number of nitrogens with two attached hydrogens (primary N) is 1. The summed E-state index contributed by atoms with van der Waals surface area (Å²) < 4.78 is 9.67. The molecule has 4 aromatic rings. The van der Waals surface area contributed by atoms with E-state index in [-0.39, 0.29) is 18.5 Å². The van der Waals surface area contributed by atoms with Gasteiger partial charge in [0, 0.05) is 41.5 Å². The standard InChI is InChI=1S/C25H31ClN8O2/c1-7-32(6)20(35)12-33-11-17(10-30-33)21-14(3)19(26)9-18(23(21)36-8-2)16(5)34-25-22(15(4)31-34)24(27)28-13-29-25/h9-11,13,16H,7-8,12H2,1-6H3,(H2,27,28,29). The minimum absolute atomic E-state index is 0.0171. The van der Waals surface area contributed by atoms with Crippen LogP contribution in [0.4, 0.5) is 5.82 Å². The number of hydrogen-bond donors (Lipinski definition) is 1. The third-order valence-electron chi connectivity index (χ3n) is 6.42. The molecule has 0 saturated heterocycles. The van der Waals surface area contributed by atoms with Crippen molar-refractivity contribution >= 4 is 34.4 Å². The number of nitrogens with zero attached hydrogens (tertiary/aromatic N) is 7. The molecule has 11 heteroatoms. The molecule has 0 radical (unpaired) electrons. The van der Waals surface area contributed by atoms with E-state index < -0.39 is 0 Å². The van der Waals surface area contributed by atoms with Crippen molar-refractivity contribution < 1.29 is 9.53 Å². The number of ether oxygens (including phenoxy) is 1. The van der Waals surface area contributed by atoms with E-state index >= 15 is 0 Å². The van der Waals surface area contributed by atoms with E-state index in [1.54, 1.807) is 22.8 Å². The molecule has 36 heavy (non-hydrogen) atoms. The van der Waals surface area contributed by atoms with Crippen molar-refractivity contribution in [2.75, 3.05) is 25.9 Å². The maximum Gasteiger partial charge on any atom is 0.244 e. The first-order valence-electron chi connectivity index (χ1n) is 11.9. The molecule has 3 aromatic heterocycles. The molecule has 0 spiro atoms. The number of carbonyl (C=O) groups is 1. The van der Waals surface area contributed by atoms with Gasteiger partial charge in [-0.15, -0.1) is 0 Å². The van der Waals surface area contributed by atoms with Gasteiger partial charge in [0.25, 0.3) is 0 Å². The van der Waals surface area contributed by atoms with Crippen LogP contribution in [0.5, 0.6) is 5.75 Å². The lowest BCUT2D eigenvalue weighted by atomic mass is 9.95. The Labute approximate surface area is 215 Å². The molecule has 3 heterocycles. The van der Waals surface area contributed by atoms with E-state index in [0.717, 1.165) is 33.3 Å². The maximum atomic E-state index is 12.4. The number of likely N-dealkylation sites (N-methyl/N-ethyl adjacent to an activating group) is 1. The highest BCUT2D eigenvalue weighted by molar-refractivity contribution is 6.32. The SMILES string of the molecule is CCOc1c(C(C)n2nc(C)c3c(N)ncnc32)cc(Cl)c(C)c1-c1cnn(CC(=O)N(C)CC)c1. The largest absolute Gasteiger partial charge is 0.493 e. The molecule has 0 bridgehead atoms. The third-order valence-corrected chi connectivity index (χ3v) is 6.82. The molecule has 2 N–H and O–H groups in total. The molecule has 1 unspecified atom stereocenters. The summed E-state index contributed by atoms with van der Waals surface area (Å²) in [6, 6.07) is 1.64. The molecule has 190 valence electrons. The minimum atomic E-state index is -0.274. The lowest BCUT2D eigenvalue weighted by Gasteiger charge is -2.22. The van der Waals surface area contributed by atoms with Gasteiger partial charge in [-0.2, -0.15) is 10.2 Å². The van der Waals surface area contributed by atoms with Crippen molar-refractivity contribution in [3.05, 3.63) is 46.6 Å². The van der Waals surface area contributed by atoms with Crippen LogP contribution < -0.4 is 10.5 Å². The number of nitrogen functional groups attached to an aromatic ring is 1. The number of fused-ring (bicyclic) bond motifs is 1. The van der Waals surface area contributed by atoms with Crippen LogP contribution in [0.3, 0.4) is 0 Å². The number of hydrogen-bond acceptors (Lipinski definition) is 7. The summed E-state index contributed by atoms with van der Waals surface area (Å²) in [5.74, 6) is 1.06. The Morgan fingerprint density at radius 3 is 2.72 bits per heavy atom. The number of carbonyl (C=O) groups excluding carboxylic acids is 1. The van der Waals surface area contributed by atoms with Gasteiger partial charge >= 0.3 is 0 Å². The van der Waals surface area contributed by atoms with Crippen LogP contribution in [-0.2, 0) is 11.3 Å². The number of amides is 1. The highest BCUT2D eigenvalue weighted by Crippen LogP contribution is 2.43. The molecule has 10 nitrogen and oxygen atoms in total. The first-order chi connectivity index (χ1) is 17.2. The molecular weight excluding hydrogens is 480 g/mol. The van der Waals surface area contributed by atoms with Crippen molar-refractivity contribution in [3.63, 3.8) is 0 Å². The quantitative estimate of drug-likeness (QED) is 0.380. The van der Waals surface area contributed by atoms with Crippen molar-refractivity contribution in [2.24, 2.45) is 0 Å². The van der Waals surface area contributed by atoms with E-state index in [2.05, 4.69) is 15.1 Å². The highest BCUT2D eigenvalue weighted by Gasteiger charge is 2.26. The fraction of sp³-hybridized carbons (Fsp3) is 0.400. The molecule has 0 fully saturated rings. The maximum absolute atomic E-state index is 12.4. The average Bonchev–Trinajstić information content (AvgIpc) is 3.45. The molecule has 4 rings (SSSR count). The summed E-state index contributed by atoms with van der Waals surface area (Å²) in [7, 11) is 1.77. The van der Waals surface area contributed by atoms with Gasteiger partial charge in [0.15, 0.2) is 5.65 Å². The van der Waals surface area contributed by atoms with Crippen LogP contribution >= 0.6 is 11.6 Å². The van der Waals surface area contributed by atoms with Gasteiger partial charge in [0.05, 0.1) is 29.9 Å². The third kappa shape index (κ3) is 4.48. The number of benzene rings is 1. The summed E-state index contributed by atoms with van der Waals surface area (Å²) in [6.07, 6.45) is 5.01. The summed E-state index contributed by atoms with van der Waals surface area (Å²) >= 11 is 6.75. The fourth-order valence-corrected chi connectivity index (χ4v) is 4.50. The lowest BCUT2D eigenvalue weighted by molar-refractivity contribution is -0.130. The van der Waals surface area contributed by atoms with Gasteiger partial charge < -0.3 is 15.4 Å². The Bertz CT molecular complexity index is 1430. The Morgan fingerprint density at radius 2 is 2.03 bits per heavy atom. The predicted octanol–water partition coefficient (Wildman–Crippen LogP) is 4.03. The first kappa shape index (κ1) is 25.4. The van der Waals surface area contributed by atoms with E-state index in [1.807, 2.05) is 51.6 Å². The zero-order valence-corrected chi connectivity index (χ0v) is 22.2. The fourth-order valence-electron chi connectivity index (χ4n) is 4.29. The van der Waals surface area contributed by atoms with E-state index in [4.69, 9.17) is 27.2 Å². The first-order valence-corrected chi connectivity index (χ1v) is 12.2. The summed E-state index contributed by atoms with van der Waals surface area (Å²) in [5, 5.41) is 10.5. The predicted molar refractivity (Wildman–Crippen MR) is 140 cm³/mol. The lowest BCUT2D eigenvalue weighted by Crippen LogP contribution is -2.29. The molecule has 0 aliphatic rings. The van der Waals surface area contributed by atoms with Crippen molar-refractivity contribution in [2.45, 2.75) is 47.2 Å². The molecule has 1 aromatic carbocycles. The number of aryl methyl sites for hydroxylation is 1. The van der Waals surface area contributed by atoms with E-state index in [1.165, 1.54) is 6.33 Å². The second kappa shape index (κ2) is 10.1. The van der Waals surface area contributed by atoms with Gasteiger partial charge in [-0.3, -0.25) is 9.48 Å². The Kier molecular flexibility index (Phi) is 7.16. The summed E-state index contributed by atoms with van der Waals surface area (Å²) in [5.41, 5.74) is 10.8. The Balaban J connectivity index is 1.84. The Morgan fingerprint density at radius 1 is 1.28 bits per heavy atom. The van der Waals surface area contributed by atoms with E-state index in [0.29, 0.717) is 35.4 Å². The molecule has 1 amide bonds. The van der Waals surface area contributed by atoms with Crippen molar-refractivity contribution in [1.82, 2.24) is 34.4 Å². The van der Waals surface area contributed by atoms with Crippen LogP contribution in [-0.4, -0.2) is 60.5 Å². The normalized spacial score (nSPS) is 12.2. The summed E-state index contributed by atoms with van der Waals surface area (Å²) in [4.78, 5) is 22.6. The smallest absolute Gasteiger partial charge is 0.244 e. The van der Waals surface area contributed by atoms with Gasteiger partial charge in [0.2, 0.25) is 5.91 Å². The topological polar surface area (TPSA) is 117 Å². The van der Waals surface area contributed by atoms with Crippen LogP contribution in [0.1, 0.15) is 43.6 Å². The van der Waals surface area contributed by atoms with Crippen molar-refractivity contribution in [3.8, 4) is 16.9 Å². The second-order valence-electron chi connectivity index (χ2n) is 8.71. The highest BCUT2D eigenvalue weighted by atomic mass is 35.5. The van der Waals surface area contributed by atoms with Crippen LogP contribution in [0.25, 0.3) is 22.2 Å². The molecule has 1 atom stereocenters. The number of halogens is 1. The number of aromatic nitrogens is 6. The molecular formula is C25H31ClN8O2.